The number of carbonyl (C=O) groups is 1. The van der Waals surface area contributed by atoms with Crippen LogP contribution in [0.1, 0.15) is 5.56 Å². The summed E-state index contributed by atoms with van der Waals surface area (Å²) in [6.45, 7) is 0.0562. The van der Waals surface area contributed by atoms with Gasteiger partial charge in [-0.15, -0.1) is 5.10 Å². The molecule has 0 aliphatic carbocycles. The summed E-state index contributed by atoms with van der Waals surface area (Å²) in [6.07, 6.45) is 0. The predicted molar refractivity (Wildman–Crippen MR) is 90.0 cm³/mol. The number of fused-ring (bicyclic) bond motifs is 1. The maximum Gasteiger partial charge on any atom is 0.341 e. The van der Waals surface area contributed by atoms with Gasteiger partial charge in [0.05, 0.1) is 24.6 Å². The topological polar surface area (TPSA) is 73.6 Å². The zero-order chi connectivity index (χ0) is 17.1. The number of aromatic nitrogens is 2. The molecule has 24 heavy (non-hydrogen) atoms. The summed E-state index contributed by atoms with van der Waals surface area (Å²) >= 11 is 5.91. The molecule has 0 aliphatic heterocycles. The van der Waals surface area contributed by atoms with Gasteiger partial charge in [0.25, 0.3) is 0 Å². The molecule has 0 aliphatic rings. The molecule has 7 heteroatoms. The highest BCUT2D eigenvalue weighted by molar-refractivity contribution is 6.30. The van der Waals surface area contributed by atoms with Crippen molar-refractivity contribution < 1.29 is 19.4 Å². The van der Waals surface area contributed by atoms with E-state index in [1.54, 1.807) is 17.9 Å². The molecule has 0 radical (unpaired) electrons. The number of benzene rings is 2. The largest absolute Gasteiger partial charge is 0.497 e. The number of hydrogen-bond donors (Lipinski definition) is 1. The molecule has 1 heterocycles. The molecule has 0 amide bonds. The number of carboxylic acids is 1. The van der Waals surface area contributed by atoms with E-state index >= 15 is 0 Å². The van der Waals surface area contributed by atoms with E-state index in [4.69, 9.17) is 26.2 Å². The van der Waals surface area contributed by atoms with Crippen LogP contribution < -0.4 is 9.47 Å². The molecule has 3 aromatic rings. The summed E-state index contributed by atoms with van der Waals surface area (Å²) in [5.74, 6) is -0.146. The van der Waals surface area contributed by atoms with Gasteiger partial charge in [0.2, 0.25) is 5.88 Å². The fourth-order valence-electron chi connectivity index (χ4n) is 2.38. The molecule has 1 aromatic heterocycles. The van der Waals surface area contributed by atoms with Gasteiger partial charge in [-0.05, 0) is 35.9 Å². The normalized spacial score (nSPS) is 10.8. The van der Waals surface area contributed by atoms with Gasteiger partial charge in [-0.25, -0.2) is 4.79 Å². The van der Waals surface area contributed by atoms with Gasteiger partial charge in [0, 0.05) is 5.02 Å². The Kier molecular flexibility index (Phi) is 4.57. The van der Waals surface area contributed by atoms with E-state index < -0.39 is 12.6 Å². The molecule has 0 atom stereocenters. The van der Waals surface area contributed by atoms with Crippen LogP contribution in [0.15, 0.2) is 42.5 Å². The summed E-state index contributed by atoms with van der Waals surface area (Å²) in [5.41, 5.74) is 1.84. The Bertz CT molecular complexity index is 874. The third-order valence-electron chi connectivity index (χ3n) is 3.50. The molecule has 0 saturated heterocycles. The van der Waals surface area contributed by atoms with E-state index in [-0.39, 0.29) is 5.88 Å². The number of ether oxygens (including phenoxy) is 2. The Morgan fingerprint density at radius 2 is 2.00 bits per heavy atom. The van der Waals surface area contributed by atoms with Crippen LogP contribution >= 0.6 is 11.6 Å². The second-order valence-corrected chi connectivity index (χ2v) is 5.59. The Morgan fingerprint density at radius 1 is 1.25 bits per heavy atom. The first kappa shape index (κ1) is 16.1. The minimum atomic E-state index is -1.06. The Morgan fingerprint density at radius 3 is 2.67 bits per heavy atom. The van der Waals surface area contributed by atoms with E-state index in [1.807, 2.05) is 36.4 Å². The number of aliphatic carboxylic acids is 1. The van der Waals surface area contributed by atoms with Crippen LogP contribution in [0.2, 0.25) is 5.02 Å². The number of carboxylic acid groups (broad SMARTS) is 1. The van der Waals surface area contributed by atoms with Crippen LogP contribution in [0.4, 0.5) is 0 Å². The number of hydrogen-bond acceptors (Lipinski definition) is 4. The van der Waals surface area contributed by atoms with E-state index in [1.165, 1.54) is 0 Å². The second kappa shape index (κ2) is 6.80. The predicted octanol–water partition coefficient (Wildman–Crippen LogP) is 3.21. The van der Waals surface area contributed by atoms with Gasteiger partial charge in [-0.3, -0.25) is 4.68 Å². The molecule has 0 fully saturated rings. The minimum absolute atomic E-state index is 0.264. The van der Waals surface area contributed by atoms with Crippen LogP contribution in [-0.4, -0.2) is 34.6 Å². The Labute approximate surface area is 143 Å². The highest BCUT2D eigenvalue weighted by atomic mass is 35.5. The molecular weight excluding hydrogens is 332 g/mol. The first-order valence-corrected chi connectivity index (χ1v) is 7.58. The van der Waals surface area contributed by atoms with Crippen molar-refractivity contribution in [3.8, 4) is 11.6 Å². The minimum Gasteiger partial charge on any atom is -0.497 e. The first-order chi connectivity index (χ1) is 11.6. The molecule has 0 spiro atoms. The molecule has 2 aromatic carbocycles. The average molecular weight is 347 g/mol. The van der Waals surface area contributed by atoms with Crippen LogP contribution in [0.3, 0.4) is 0 Å². The molecule has 0 unspecified atom stereocenters. The van der Waals surface area contributed by atoms with Gasteiger partial charge in [0.15, 0.2) is 6.61 Å². The molecule has 0 saturated carbocycles. The van der Waals surface area contributed by atoms with Crippen molar-refractivity contribution in [2.45, 2.75) is 6.54 Å². The molecule has 3 rings (SSSR count). The third-order valence-corrected chi connectivity index (χ3v) is 3.75. The molecule has 1 N–H and O–H groups in total. The standard InChI is InChI=1S/C17H15ClN2O4/c1-23-13-6-7-15-14(8-13)17(24-10-16(21)22)19-20(15)9-11-2-4-12(18)5-3-11/h2-8H,9-10H2,1H3,(H,21,22). The van der Waals surface area contributed by atoms with Crippen molar-refractivity contribution in [2.75, 3.05) is 13.7 Å². The van der Waals surface area contributed by atoms with Gasteiger partial charge in [0.1, 0.15) is 5.75 Å². The SMILES string of the molecule is COc1ccc2c(c1)c(OCC(=O)O)nn2Cc1ccc(Cl)cc1. The third kappa shape index (κ3) is 3.44. The van der Waals surface area contributed by atoms with Crippen LogP contribution in [0.25, 0.3) is 10.9 Å². The molecule has 124 valence electrons. The summed E-state index contributed by atoms with van der Waals surface area (Å²) < 4.78 is 12.3. The lowest BCUT2D eigenvalue weighted by Crippen LogP contribution is -2.10. The van der Waals surface area contributed by atoms with Crippen LogP contribution in [0.5, 0.6) is 11.6 Å². The lowest BCUT2D eigenvalue weighted by Gasteiger charge is -2.04. The lowest BCUT2D eigenvalue weighted by atomic mass is 10.2. The summed E-state index contributed by atoms with van der Waals surface area (Å²) in [5, 5.41) is 14.6. The highest BCUT2D eigenvalue weighted by Gasteiger charge is 2.14. The summed E-state index contributed by atoms with van der Waals surface area (Å²) in [7, 11) is 1.57. The average Bonchev–Trinajstić information content (AvgIpc) is 2.92. The van der Waals surface area contributed by atoms with Gasteiger partial charge >= 0.3 is 5.97 Å². The van der Waals surface area contributed by atoms with E-state index in [0.29, 0.717) is 22.7 Å². The maximum absolute atomic E-state index is 10.8. The van der Waals surface area contributed by atoms with Crippen molar-refractivity contribution in [3.05, 3.63) is 53.1 Å². The highest BCUT2D eigenvalue weighted by Crippen LogP contribution is 2.29. The van der Waals surface area contributed by atoms with E-state index in [9.17, 15) is 4.79 Å². The van der Waals surface area contributed by atoms with E-state index in [2.05, 4.69) is 5.10 Å². The van der Waals surface area contributed by atoms with E-state index in [0.717, 1.165) is 11.1 Å². The summed E-state index contributed by atoms with van der Waals surface area (Å²) in [6, 6.07) is 12.9. The fraction of sp³-hybridized carbons (Fsp3) is 0.176. The summed E-state index contributed by atoms with van der Waals surface area (Å²) in [4.78, 5) is 10.8. The van der Waals surface area contributed by atoms with Crippen molar-refractivity contribution in [1.82, 2.24) is 9.78 Å². The van der Waals surface area contributed by atoms with Crippen molar-refractivity contribution in [2.24, 2.45) is 0 Å². The zero-order valence-corrected chi connectivity index (χ0v) is 13.7. The Balaban J connectivity index is 2.00. The fourth-order valence-corrected chi connectivity index (χ4v) is 2.50. The van der Waals surface area contributed by atoms with Crippen molar-refractivity contribution >= 4 is 28.5 Å². The maximum atomic E-state index is 10.8. The quantitative estimate of drug-likeness (QED) is 0.742. The number of rotatable bonds is 6. The Hall–Kier alpha value is -2.73. The van der Waals surface area contributed by atoms with Crippen molar-refractivity contribution in [3.63, 3.8) is 0 Å². The molecule has 0 bridgehead atoms. The smallest absolute Gasteiger partial charge is 0.341 e. The number of methoxy groups -OCH3 is 1. The first-order valence-electron chi connectivity index (χ1n) is 7.20. The van der Waals surface area contributed by atoms with Gasteiger partial charge < -0.3 is 14.6 Å². The second-order valence-electron chi connectivity index (χ2n) is 5.15. The van der Waals surface area contributed by atoms with Crippen LogP contribution in [-0.2, 0) is 11.3 Å². The molecular formula is C17H15ClN2O4. The molecule has 6 nitrogen and oxygen atoms in total. The van der Waals surface area contributed by atoms with Gasteiger partial charge in [-0.2, -0.15) is 0 Å². The van der Waals surface area contributed by atoms with Crippen LogP contribution in [0, 0.1) is 0 Å². The van der Waals surface area contributed by atoms with Crippen molar-refractivity contribution in [1.29, 1.82) is 0 Å². The monoisotopic (exact) mass is 346 g/mol. The number of nitrogens with zero attached hydrogens (tertiary/aromatic N) is 2. The number of halogens is 1. The lowest BCUT2D eigenvalue weighted by molar-refractivity contribution is -0.139. The zero-order valence-electron chi connectivity index (χ0n) is 12.9. The van der Waals surface area contributed by atoms with Gasteiger partial charge in [-0.1, -0.05) is 23.7 Å².